The molecule has 0 bridgehead atoms. The Morgan fingerprint density at radius 3 is 2.27 bits per heavy atom. The summed E-state index contributed by atoms with van der Waals surface area (Å²) in [6.45, 7) is 6.46. The molecule has 1 atom stereocenters. The maximum Gasteiger partial charge on any atom is 0.408 e. The van der Waals surface area contributed by atoms with Crippen LogP contribution in [0.25, 0.3) is 0 Å². The first-order chi connectivity index (χ1) is 6.76. The first kappa shape index (κ1) is 13.6. The van der Waals surface area contributed by atoms with Gasteiger partial charge in [0.1, 0.15) is 11.9 Å². The molecule has 0 aromatic rings. The first-order valence-corrected chi connectivity index (χ1v) is 4.70. The topological polar surface area (TPSA) is 72.5 Å². The molecule has 0 saturated carbocycles. The lowest BCUT2D eigenvalue weighted by Gasteiger charge is -2.21. The second-order valence-corrected chi connectivity index (χ2v) is 4.21. The molecule has 0 radical (unpaired) electrons. The summed E-state index contributed by atoms with van der Waals surface area (Å²) in [6, 6.07) is -0.794. The van der Waals surface area contributed by atoms with E-state index in [1.54, 1.807) is 20.8 Å². The molecule has 0 rings (SSSR count). The van der Waals surface area contributed by atoms with E-state index in [0.717, 1.165) is 0 Å². The van der Waals surface area contributed by atoms with Crippen molar-refractivity contribution in [2.45, 2.75) is 45.8 Å². The van der Waals surface area contributed by atoms with Crippen molar-refractivity contribution in [2.75, 3.05) is 0 Å². The number of Topliss-reactive ketones (excluding diaryl/α,β-unsaturated/α-hetero) is 1. The third-order valence-corrected chi connectivity index (χ3v) is 1.51. The van der Waals surface area contributed by atoms with Crippen LogP contribution in [-0.2, 0) is 14.3 Å². The second-order valence-electron chi connectivity index (χ2n) is 4.21. The molecular weight excluding hydrogens is 198 g/mol. The van der Waals surface area contributed by atoms with Crippen LogP contribution in [0.4, 0.5) is 4.79 Å². The number of carbonyl (C=O) groups is 3. The SMILES string of the molecule is CC(=O)[C@H](CC=O)NC(=O)OC(C)(C)C. The molecule has 1 N–H and O–H groups in total. The van der Waals surface area contributed by atoms with Gasteiger partial charge >= 0.3 is 6.09 Å². The smallest absolute Gasteiger partial charge is 0.408 e. The Bertz CT molecular complexity index is 255. The van der Waals surface area contributed by atoms with Crippen molar-refractivity contribution in [1.82, 2.24) is 5.32 Å². The lowest BCUT2D eigenvalue weighted by molar-refractivity contribution is -0.121. The number of carbonyl (C=O) groups excluding carboxylic acids is 3. The van der Waals surface area contributed by atoms with Gasteiger partial charge in [0.2, 0.25) is 0 Å². The van der Waals surface area contributed by atoms with Gasteiger partial charge in [0, 0.05) is 6.42 Å². The van der Waals surface area contributed by atoms with Crippen LogP contribution in [-0.4, -0.2) is 29.8 Å². The molecule has 1 amide bonds. The Labute approximate surface area is 89.2 Å². The maximum absolute atomic E-state index is 11.2. The highest BCUT2D eigenvalue weighted by Crippen LogP contribution is 2.07. The molecule has 5 nitrogen and oxygen atoms in total. The number of aldehydes is 1. The number of ether oxygens (including phenoxy) is 1. The van der Waals surface area contributed by atoms with E-state index in [-0.39, 0.29) is 12.2 Å². The highest BCUT2D eigenvalue weighted by Gasteiger charge is 2.21. The third-order valence-electron chi connectivity index (χ3n) is 1.51. The standard InChI is InChI=1S/C10H17NO4/c1-7(13)8(5-6-12)11-9(14)15-10(2,3)4/h6,8H,5H2,1-4H3,(H,11,14)/t8-/m0/s1. The number of alkyl carbamates (subject to hydrolysis) is 1. The lowest BCUT2D eigenvalue weighted by Crippen LogP contribution is -2.42. The Kier molecular flexibility index (Phi) is 4.97. The van der Waals surface area contributed by atoms with Crippen LogP contribution in [0.1, 0.15) is 34.1 Å². The van der Waals surface area contributed by atoms with Crippen LogP contribution in [0.3, 0.4) is 0 Å². The number of hydrogen-bond acceptors (Lipinski definition) is 4. The molecule has 0 aliphatic carbocycles. The summed E-state index contributed by atoms with van der Waals surface area (Å²) in [5, 5.41) is 2.33. The summed E-state index contributed by atoms with van der Waals surface area (Å²) in [6.07, 6.45) is -0.137. The average molecular weight is 215 g/mol. The van der Waals surface area contributed by atoms with Gasteiger partial charge in [-0.1, -0.05) is 0 Å². The third kappa shape index (κ3) is 6.65. The van der Waals surface area contributed by atoms with Gasteiger partial charge in [-0.05, 0) is 27.7 Å². The van der Waals surface area contributed by atoms with Gasteiger partial charge in [0.25, 0.3) is 0 Å². The predicted molar refractivity (Wildman–Crippen MR) is 54.5 cm³/mol. The van der Waals surface area contributed by atoms with Crippen molar-refractivity contribution >= 4 is 18.2 Å². The first-order valence-electron chi connectivity index (χ1n) is 4.70. The zero-order valence-corrected chi connectivity index (χ0v) is 9.49. The number of amides is 1. The van der Waals surface area contributed by atoms with E-state index in [2.05, 4.69) is 5.32 Å². The van der Waals surface area contributed by atoms with Crippen molar-refractivity contribution in [2.24, 2.45) is 0 Å². The van der Waals surface area contributed by atoms with Gasteiger partial charge in [-0.3, -0.25) is 4.79 Å². The minimum atomic E-state index is -0.794. The van der Waals surface area contributed by atoms with Crippen LogP contribution in [0.2, 0.25) is 0 Å². The predicted octanol–water partition coefficient (Wildman–Crippen LogP) is 1.06. The average Bonchev–Trinajstić information content (AvgIpc) is 1.99. The maximum atomic E-state index is 11.2. The minimum Gasteiger partial charge on any atom is -0.444 e. The second kappa shape index (κ2) is 5.48. The molecule has 0 fully saturated rings. The van der Waals surface area contributed by atoms with E-state index in [1.807, 2.05) is 0 Å². The zero-order chi connectivity index (χ0) is 12.1. The van der Waals surface area contributed by atoms with E-state index >= 15 is 0 Å². The Hall–Kier alpha value is -1.39. The number of hydrogen-bond donors (Lipinski definition) is 1. The van der Waals surface area contributed by atoms with Crippen molar-refractivity contribution in [3.05, 3.63) is 0 Å². The van der Waals surface area contributed by atoms with E-state index in [0.29, 0.717) is 6.29 Å². The highest BCUT2D eigenvalue weighted by molar-refractivity contribution is 5.87. The molecule has 0 aromatic carbocycles. The van der Waals surface area contributed by atoms with Crippen LogP contribution in [0, 0.1) is 0 Å². The fraction of sp³-hybridized carbons (Fsp3) is 0.700. The van der Waals surface area contributed by atoms with Gasteiger partial charge in [-0.15, -0.1) is 0 Å². The molecule has 0 spiro atoms. The molecule has 0 heterocycles. The zero-order valence-electron chi connectivity index (χ0n) is 9.49. The van der Waals surface area contributed by atoms with Crippen LogP contribution >= 0.6 is 0 Å². The summed E-state index contributed by atoms with van der Waals surface area (Å²) in [4.78, 5) is 32.5. The highest BCUT2D eigenvalue weighted by atomic mass is 16.6. The Morgan fingerprint density at radius 2 is 1.93 bits per heavy atom. The monoisotopic (exact) mass is 215 g/mol. The van der Waals surface area contributed by atoms with Crippen molar-refractivity contribution in [1.29, 1.82) is 0 Å². The van der Waals surface area contributed by atoms with Gasteiger partial charge in [0.15, 0.2) is 5.78 Å². The molecular formula is C10H17NO4. The largest absolute Gasteiger partial charge is 0.444 e. The van der Waals surface area contributed by atoms with Gasteiger partial charge in [0.05, 0.1) is 6.04 Å². The lowest BCUT2D eigenvalue weighted by atomic mass is 10.1. The minimum absolute atomic E-state index is 0.0332. The van der Waals surface area contributed by atoms with Crippen LogP contribution in [0.15, 0.2) is 0 Å². The van der Waals surface area contributed by atoms with Gasteiger partial charge in [-0.2, -0.15) is 0 Å². The summed E-state index contributed by atoms with van der Waals surface area (Å²) in [5.74, 6) is -0.270. The van der Waals surface area contributed by atoms with E-state index in [4.69, 9.17) is 4.74 Å². The molecule has 0 aromatic heterocycles. The van der Waals surface area contributed by atoms with Crippen LogP contribution in [0.5, 0.6) is 0 Å². The molecule has 15 heavy (non-hydrogen) atoms. The molecule has 0 saturated heterocycles. The van der Waals surface area contributed by atoms with Crippen molar-refractivity contribution < 1.29 is 19.1 Å². The van der Waals surface area contributed by atoms with Crippen molar-refractivity contribution in [3.8, 4) is 0 Å². The van der Waals surface area contributed by atoms with E-state index < -0.39 is 17.7 Å². The summed E-state index contributed by atoms with van der Waals surface area (Å²) in [7, 11) is 0. The molecule has 5 heteroatoms. The Balaban J connectivity index is 4.23. The normalized spacial score (nSPS) is 12.8. The number of rotatable bonds is 4. The van der Waals surface area contributed by atoms with Crippen LogP contribution < -0.4 is 5.32 Å². The van der Waals surface area contributed by atoms with Gasteiger partial charge < -0.3 is 14.8 Å². The van der Waals surface area contributed by atoms with Crippen molar-refractivity contribution in [3.63, 3.8) is 0 Å². The fourth-order valence-electron chi connectivity index (χ4n) is 0.873. The van der Waals surface area contributed by atoms with E-state index in [1.165, 1.54) is 6.92 Å². The molecule has 0 unspecified atom stereocenters. The summed E-state index contributed by atoms with van der Waals surface area (Å²) < 4.78 is 4.95. The molecule has 86 valence electrons. The number of nitrogens with one attached hydrogen (secondary N) is 1. The fourth-order valence-corrected chi connectivity index (χ4v) is 0.873. The van der Waals surface area contributed by atoms with E-state index in [9.17, 15) is 14.4 Å². The molecule has 0 aliphatic heterocycles. The number of ketones is 1. The quantitative estimate of drug-likeness (QED) is 0.711. The molecule has 0 aliphatic rings. The summed E-state index contributed by atoms with van der Waals surface area (Å²) >= 11 is 0. The Morgan fingerprint density at radius 1 is 1.40 bits per heavy atom. The summed E-state index contributed by atoms with van der Waals surface area (Å²) in [5.41, 5.74) is -0.618. The van der Waals surface area contributed by atoms with Gasteiger partial charge in [-0.25, -0.2) is 4.79 Å².